The number of para-hydroxylation sites is 3. The molecule has 1 aliphatic rings. The first-order valence-corrected chi connectivity index (χ1v) is 12.0. The van der Waals surface area contributed by atoms with E-state index in [0.717, 1.165) is 25.7 Å². The van der Waals surface area contributed by atoms with Crippen molar-refractivity contribution in [2.45, 2.75) is 31.7 Å². The van der Waals surface area contributed by atoms with Crippen LogP contribution in [-0.4, -0.2) is 30.3 Å². The van der Waals surface area contributed by atoms with Crippen molar-refractivity contribution in [3.05, 3.63) is 88.9 Å². The molecule has 35 heavy (non-hydrogen) atoms. The van der Waals surface area contributed by atoms with Crippen LogP contribution in [0.15, 0.2) is 72.8 Å². The second kappa shape index (κ2) is 11.5. The normalized spacial score (nSPS) is 13.2. The fourth-order valence-corrected chi connectivity index (χ4v) is 4.16. The summed E-state index contributed by atoms with van der Waals surface area (Å²) in [6.07, 6.45) is 4.21. The van der Waals surface area contributed by atoms with Gasteiger partial charge in [0.1, 0.15) is 0 Å². The summed E-state index contributed by atoms with van der Waals surface area (Å²) in [7, 11) is 0. The molecule has 0 unspecified atom stereocenters. The van der Waals surface area contributed by atoms with E-state index in [1.165, 1.54) is 0 Å². The molecule has 1 saturated carbocycles. The maximum absolute atomic E-state index is 12.7. The van der Waals surface area contributed by atoms with Gasteiger partial charge >= 0.3 is 0 Å². The molecule has 0 heterocycles. The Morgan fingerprint density at radius 3 is 2.09 bits per heavy atom. The molecule has 8 heteroatoms. The molecule has 0 aromatic heterocycles. The molecule has 0 saturated heterocycles. The number of hydrogen-bond acceptors (Lipinski definition) is 4. The number of carbonyl (C=O) groups is 3. The SMILES string of the molecule is O=C(CNc1ccccc1NC(=O)c1ccc(Cl)cc1)Nc1ccccc1C(=O)NC1CCCC1. The predicted octanol–water partition coefficient (Wildman–Crippen LogP) is 5.32. The molecule has 4 N–H and O–H groups in total. The monoisotopic (exact) mass is 490 g/mol. The second-order valence-corrected chi connectivity index (χ2v) is 8.85. The Morgan fingerprint density at radius 1 is 0.743 bits per heavy atom. The molecule has 7 nitrogen and oxygen atoms in total. The molecule has 0 bridgehead atoms. The predicted molar refractivity (Wildman–Crippen MR) is 139 cm³/mol. The molecule has 4 rings (SSSR count). The summed E-state index contributed by atoms with van der Waals surface area (Å²) in [5, 5.41) is 12.3. The van der Waals surface area contributed by atoms with Gasteiger partial charge in [0, 0.05) is 16.6 Å². The van der Waals surface area contributed by atoms with Gasteiger partial charge in [-0.1, -0.05) is 48.7 Å². The fourth-order valence-electron chi connectivity index (χ4n) is 4.04. The van der Waals surface area contributed by atoms with Crippen LogP contribution in [0.4, 0.5) is 17.1 Å². The number of carbonyl (C=O) groups excluding carboxylic acids is 3. The van der Waals surface area contributed by atoms with E-state index >= 15 is 0 Å². The first-order chi connectivity index (χ1) is 17.0. The molecular formula is C27H27ClN4O3. The van der Waals surface area contributed by atoms with E-state index in [1.807, 2.05) is 0 Å². The summed E-state index contributed by atoms with van der Waals surface area (Å²) in [5.41, 5.74) is 2.49. The lowest BCUT2D eigenvalue weighted by Crippen LogP contribution is -2.33. The van der Waals surface area contributed by atoms with E-state index in [1.54, 1.807) is 72.8 Å². The van der Waals surface area contributed by atoms with Crippen molar-refractivity contribution in [1.29, 1.82) is 0 Å². The van der Waals surface area contributed by atoms with Crippen LogP contribution in [0.5, 0.6) is 0 Å². The topological polar surface area (TPSA) is 99.3 Å². The minimum atomic E-state index is -0.315. The highest BCUT2D eigenvalue weighted by atomic mass is 35.5. The minimum absolute atomic E-state index is 0.0492. The van der Waals surface area contributed by atoms with Gasteiger partial charge in [-0.2, -0.15) is 0 Å². The van der Waals surface area contributed by atoms with Crippen molar-refractivity contribution in [2.24, 2.45) is 0 Å². The third-order valence-corrected chi connectivity index (χ3v) is 6.11. The van der Waals surface area contributed by atoms with E-state index < -0.39 is 0 Å². The van der Waals surface area contributed by atoms with E-state index in [4.69, 9.17) is 11.6 Å². The zero-order valence-electron chi connectivity index (χ0n) is 19.1. The lowest BCUT2D eigenvalue weighted by atomic mass is 10.1. The van der Waals surface area contributed by atoms with Gasteiger partial charge < -0.3 is 21.3 Å². The maximum Gasteiger partial charge on any atom is 0.255 e. The summed E-state index contributed by atoms with van der Waals surface area (Å²) in [4.78, 5) is 38.0. The number of hydrogen-bond donors (Lipinski definition) is 4. The molecule has 3 aromatic rings. The second-order valence-electron chi connectivity index (χ2n) is 8.41. The number of amides is 3. The van der Waals surface area contributed by atoms with Gasteiger partial charge in [-0.05, 0) is 61.4 Å². The van der Waals surface area contributed by atoms with Crippen molar-refractivity contribution in [1.82, 2.24) is 5.32 Å². The molecule has 0 spiro atoms. The zero-order chi connectivity index (χ0) is 24.6. The van der Waals surface area contributed by atoms with Crippen LogP contribution in [0, 0.1) is 0 Å². The molecule has 1 fully saturated rings. The average Bonchev–Trinajstić information content (AvgIpc) is 3.37. The number of rotatable bonds is 8. The van der Waals surface area contributed by atoms with Gasteiger partial charge in [0.25, 0.3) is 11.8 Å². The molecule has 0 atom stereocenters. The van der Waals surface area contributed by atoms with Gasteiger partial charge in [0.2, 0.25) is 5.91 Å². The van der Waals surface area contributed by atoms with Crippen LogP contribution < -0.4 is 21.3 Å². The number of nitrogens with one attached hydrogen (secondary N) is 4. The largest absolute Gasteiger partial charge is 0.374 e. The van der Waals surface area contributed by atoms with Crippen LogP contribution >= 0.6 is 11.6 Å². The van der Waals surface area contributed by atoms with Gasteiger partial charge in [0.15, 0.2) is 0 Å². The summed E-state index contributed by atoms with van der Waals surface area (Å²) in [5.74, 6) is -0.788. The minimum Gasteiger partial charge on any atom is -0.374 e. The van der Waals surface area contributed by atoms with Gasteiger partial charge in [0.05, 0.1) is 29.2 Å². The average molecular weight is 491 g/mol. The van der Waals surface area contributed by atoms with Crippen molar-refractivity contribution < 1.29 is 14.4 Å². The van der Waals surface area contributed by atoms with Crippen LogP contribution in [0.3, 0.4) is 0 Å². The molecule has 1 aliphatic carbocycles. The molecule has 3 aromatic carbocycles. The van der Waals surface area contributed by atoms with Crippen molar-refractivity contribution in [3.63, 3.8) is 0 Å². The van der Waals surface area contributed by atoms with Crippen molar-refractivity contribution in [3.8, 4) is 0 Å². The van der Waals surface area contributed by atoms with E-state index in [0.29, 0.717) is 33.2 Å². The number of benzene rings is 3. The molecule has 180 valence electrons. The van der Waals surface area contributed by atoms with E-state index in [9.17, 15) is 14.4 Å². The molecular weight excluding hydrogens is 464 g/mol. The van der Waals surface area contributed by atoms with Crippen LogP contribution in [0.25, 0.3) is 0 Å². The van der Waals surface area contributed by atoms with E-state index in [-0.39, 0.29) is 30.3 Å². The lowest BCUT2D eigenvalue weighted by molar-refractivity contribution is -0.114. The van der Waals surface area contributed by atoms with Crippen molar-refractivity contribution >= 4 is 46.4 Å². The molecule has 0 aliphatic heterocycles. The summed E-state index contributed by atoms with van der Waals surface area (Å²) < 4.78 is 0. The summed E-state index contributed by atoms with van der Waals surface area (Å²) >= 11 is 5.89. The Balaban J connectivity index is 1.37. The van der Waals surface area contributed by atoms with Gasteiger partial charge in [-0.15, -0.1) is 0 Å². The maximum atomic E-state index is 12.7. The lowest BCUT2D eigenvalue weighted by Gasteiger charge is -2.16. The Bertz CT molecular complexity index is 1210. The highest BCUT2D eigenvalue weighted by Crippen LogP contribution is 2.23. The standard InChI is InChI=1S/C27H27ClN4O3/c28-19-15-13-18(14-16-19)26(34)32-24-12-6-5-11-23(24)29-17-25(33)31-22-10-4-3-9-21(22)27(35)30-20-7-1-2-8-20/h3-6,9-16,20,29H,1-2,7-8,17H2,(H,30,35)(H,31,33)(H,32,34). The smallest absolute Gasteiger partial charge is 0.255 e. The fraction of sp³-hybridized carbons (Fsp3) is 0.222. The Labute approximate surface area is 209 Å². The third kappa shape index (κ3) is 6.61. The quantitative estimate of drug-likeness (QED) is 0.343. The Morgan fingerprint density at radius 2 is 1.37 bits per heavy atom. The van der Waals surface area contributed by atoms with Gasteiger partial charge in [-0.3, -0.25) is 14.4 Å². The van der Waals surface area contributed by atoms with Gasteiger partial charge in [-0.25, -0.2) is 0 Å². The Kier molecular flexibility index (Phi) is 8.00. The Hall–Kier alpha value is -3.84. The van der Waals surface area contributed by atoms with Crippen molar-refractivity contribution in [2.75, 3.05) is 22.5 Å². The van der Waals surface area contributed by atoms with Crippen LogP contribution in [-0.2, 0) is 4.79 Å². The highest BCUT2D eigenvalue weighted by molar-refractivity contribution is 6.30. The highest BCUT2D eigenvalue weighted by Gasteiger charge is 2.20. The zero-order valence-corrected chi connectivity index (χ0v) is 19.9. The molecule has 0 radical (unpaired) electrons. The van der Waals surface area contributed by atoms with E-state index in [2.05, 4.69) is 21.3 Å². The third-order valence-electron chi connectivity index (χ3n) is 5.86. The first-order valence-electron chi connectivity index (χ1n) is 11.6. The van der Waals surface area contributed by atoms with Crippen LogP contribution in [0.1, 0.15) is 46.4 Å². The summed E-state index contributed by atoms with van der Waals surface area (Å²) in [6.45, 7) is -0.0492. The van der Waals surface area contributed by atoms with Crippen LogP contribution in [0.2, 0.25) is 5.02 Å². The summed E-state index contributed by atoms with van der Waals surface area (Å²) in [6, 6.07) is 20.8. The number of halogens is 1. The number of anilines is 3. The first kappa shape index (κ1) is 24.3. The molecule has 3 amide bonds.